The van der Waals surface area contributed by atoms with Gasteiger partial charge in [0.2, 0.25) is 0 Å². The fourth-order valence-electron chi connectivity index (χ4n) is 6.53. The Kier molecular flexibility index (Phi) is 4.60. The number of fused-ring (bicyclic) bond motifs is 3. The summed E-state index contributed by atoms with van der Waals surface area (Å²) in [7, 11) is 0. The Bertz CT molecular complexity index is 1970. The molecule has 0 bridgehead atoms. The molecule has 7 aromatic carbocycles. The summed E-state index contributed by atoms with van der Waals surface area (Å²) in [5, 5.41) is 7.42. The Hall–Kier alpha value is -4.82. The third kappa shape index (κ3) is 3.15. The van der Waals surface area contributed by atoms with Gasteiger partial charge < -0.3 is 9.64 Å². The van der Waals surface area contributed by atoms with E-state index in [2.05, 4.69) is 146 Å². The minimum Gasteiger partial charge on any atom is -0.456 e. The van der Waals surface area contributed by atoms with E-state index in [-0.39, 0.29) is 5.41 Å². The summed E-state index contributed by atoms with van der Waals surface area (Å²) in [6.45, 7) is 4.62. The van der Waals surface area contributed by atoms with Crippen LogP contribution in [0.25, 0.3) is 32.3 Å². The quantitative estimate of drug-likeness (QED) is 0.223. The summed E-state index contributed by atoms with van der Waals surface area (Å²) in [5.41, 5.74) is 5.71. The van der Waals surface area contributed by atoms with Gasteiger partial charge in [0.1, 0.15) is 11.5 Å². The van der Waals surface area contributed by atoms with E-state index in [1.54, 1.807) is 0 Å². The molecule has 39 heavy (non-hydrogen) atoms. The van der Waals surface area contributed by atoms with Gasteiger partial charge in [-0.05, 0) is 64.7 Å². The minimum atomic E-state index is -0.187. The van der Waals surface area contributed by atoms with Crippen molar-refractivity contribution in [2.75, 3.05) is 4.90 Å². The number of para-hydroxylation sites is 3. The van der Waals surface area contributed by atoms with E-state index < -0.39 is 0 Å². The molecule has 0 aromatic heterocycles. The second-order valence-corrected chi connectivity index (χ2v) is 11.0. The highest BCUT2D eigenvalue weighted by Gasteiger charge is 2.36. The molecule has 0 unspecified atom stereocenters. The van der Waals surface area contributed by atoms with Gasteiger partial charge >= 0.3 is 0 Å². The normalized spacial score (nSPS) is 13.8. The zero-order valence-corrected chi connectivity index (χ0v) is 22.0. The molecule has 8 rings (SSSR count). The van der Waals surface area contributed by atoms with Crippen LogP contribution in [-0.4, -0.2) is 0 Å². The summed E-state index contributed by atoms with van der Waals surface area (Å²) in [5.74, 6) is 1.93. The number of benzene rings is 7. The van der Waals surface area contributed by atoms with Gasteiger partial charge in [0, 0.05) is 44.1 Å². The van der Waals surface area contributed by atoms with Gasteiger partial charge in [0.25, 0.3) is 0 Å². The summed E-state index contributed by atoms with van der Waals surface area (Å²) >= 11 is 0. The topological polar surface area (TPSA) is 12.5 Å². The number of nitrogens with zero attached hydrogens (tertiary/aromatic N) is 1. The van der Waals surface area contributed by atoms with Crippen LogP contribution >= 0.6 is 0 Å². The molecule has 0 saturated heterocycles. The van der Waals surface area contributed by atoms with Crippen LogP contribution in [0.1, 0.15) is 25.0 Å². The largest absolute Gasteiger partial charge is 0.456 e. The molecule has 0 spiro atoms. The van der Waals surface area contributed by atoms with E-state index in [1.165, 1.54) is 49.1 Å². The monoisotopic (exact) mass is 501 g/mol. The highest BCUT2D eigenvalue weighted by Crippen LogP contribution is 2.54. The van der Waals surface area contributed by atoms with Crippen molar-refractivity contribution < 1.29 is 4.74 Å². The van der Waals surface area contributed by atoms with Crippen LogP contribution in [-0.2, 0) is 5.41 Å². The average molecular weight is 502 g/mol. The number of hydrogen-bond donors (Lipinski definition) is 0. The summed E-state index contributed by atoms with van der Waals surface area (Å²) in [6.07, 6.45) is 0. The van der Waals surface area contributed by atoms with E-state index in [0.29, 0.717) is 0 Å². The van der Waals surface area contributed by atoms with E-state index >= 15 is 0 Å². The fraction of sp³-hybridized carbons (Fsp3) is 0.0811. The zero-order valence-electron chi connectivity index (χ0n) is 22.0. The van der Waals surface area contributed by atoms with Crippen molar-refractivity contribution in [1.82, 2.24) is 0 Å². The first-order valence-electron chi connectivity index (χ1n) is 13.5. The van der Waals surface area contributed by atoms with Crippen molar-refractivity contribution in [3.8, 4) is 11.5 Å². The molecule has 1 aliphatic rings. The van der Waals surface area contributed by atoms with Crippen molar-refractivity contribution in [3.63, 3.8) is 0 Å². The third-order valence-corrected chi connectivity index (χ3v) is 8.41. The second kappa shape index (κ2) is 8.09. The van der Waals surface area contributed by atoms with Crippen molar-refractivity contribution in [2.24, 2.45) is 0 Å². The number of rotatable bonds is 3. The van der Waals surface area contributed by atoms with E-state index in [0.717, 1.165) is 22.9 Å². The van der Waals surface area contributed by atoms with Crippen LogP contribution < -0.4 is 9.64 Å². The van der Waals surface area contributed by atoms with E-state index in [4.69, 9.17) is 4.74 Å². The van der Waals surface area contributed by atoms with Crippen LogP contribution in [0.3, 0.4) is 0 Å². The van der Waals surface area contributed by atoms with Crippen LogP contribution in [0.4, 0.5) is 17.1 Å². The smallest absolute Gasteiger partial charge is 0.139 e. The molecular formula is C37H27NO. The molecular weight excluding hydrogens is 474 g/mol. The maximum absolute atomic E-state index is 6.68. The zero-order chi connectivity index (χ0) is 26.1. The van der Waals surface area contributed by atoms with E-state index in [1.807, 2.05) is 0 Å². The molecule has 2 heteroatoms. The molecule has 7 aromatic rings. The van der Waals surface area contributed by atoms with Gasteiger partial charge in [-0.25, -0.2) is 0 Å². The number of anilines is 3. The molecule has 0 N–H and O–H groups in total. The lowest BCUT2D eigenvalue weighted by Gasteiger charge is -2.36. The average Bonchev–Trinajstić information content (AvgIpc) is 2.98. The first-order chi connectivity index (χ1) is 19.1. The first-order valence-corrected chi connectivity index (χ1v) is 13.5. The molecule has 0 amide bonds. The fourth-order valence-corrected chi connectivity index (χ4v) is 6.53. The van der Waals surface area contributed by atoms with Crippen molar-refractivity contribution in [1.29, 1.82) is 0 Å². The lowest BCUT2D eigenvalue weighted by atomic mass is 9.74. The second-order valence-electron chi connectivity index (χ2n) is 11.0. The first kappa shape index (κ1) is 22.2. The molecule has 1 aliphatic heterocycles. The van der Waals surface area contributed by atoms with Crippen molar-refractivity contribution in [3.05, 3.63) is 139 Å². The van der Waals surface area contributed by atoms with Gasteiger partial charge in [-0.1, -0.05) is 92.7 Å². The van der Waals surface area contributed by atoms with Gasteiger partial charge in [-0.15, -0.1) is 0 Å². The van der Waals surface area contributed by atoms with E-state index in [9.17, 15) is 0 Å². The molecule has 0 saturated carbocycles. The summed E-state index contributed by atoms with van der Waals surface area (Å²) in [4.78, 5) is 2.38. The highest BCUT2D eigenvalue weighted by molar-refractivity contribution is 6.28. The molecule has 0 atom stereocenters. The van der Waals surface area contributed by atoms with Gasteiger partial charge in [-0.2, -0.15) is 0 Å². The summed E-state index contributed by atoms with van der Waals surface area (Å²) in [6, 6.07) is 45.7. The molecule has 0 aliphatic carbocycles. The van der Waals surface area contributed by atoms with Gasteiger partial charge in [-0.3, -0.25) is 0 Å². The lowest BCUT2D eigenvalue weighted by Crippen LogP contribution is -2.24. The van der Waals surface area contributed by atoms with Crippen LogP contribution in [0.2, 0.25) is 0 Å². The Labute approximate surface area is 228 Å². The Morgan fingerprint density at radius 2 is 1.21 bits per heavy atom. The van der Waals surface area contributed by atoms with Crippen molar-refractivity contribution in [2.45, 2.75) is 19.3 Å². The lowest BCUT2D eigenvalue weighted by molar-refractivity contribution is 0.423. The molecule has 186 valence electrons. The third-order valence-electron chi connectivity index (χ3n) is 8.41. The predicted molar refractivity (Wildman–Crippen MR) is 163 cm³/mol. The van der Waals surface area contributed by atoms with Gasteiger partial charge in [0.15, 0.2) is 0 Å². The standard InChI is InChI=1S/C37H27NO/c1-37(2)30-18-9-10-19-33(30)39-36-29-21-20-24-12-11-17-28-32(23-25(22-31(36)37)35(29)34(24)28)38(26-13-5-3-6-14-26)27-15-7-4-8-16-27/h3-23H,1-2H3. The summed E-state index contributed by atoms with van der Waals surface area (Å²) < 4.78 is 6.68. The molecule has 0 radical (unpaired) electrons. The van der Waals surface area contributed by atoms with Gasteiger partial charge in [0.05, 0.1) is 5.69 Å². The van der Waals surface area contributed by atoms with Crippen molar-refractivity contribution >= 4 is 49.4 Å². The Morgan fingerprint density at radius 3 is 1.95 bits per heavy atom. The van der Waals surface area contributed by atoms with Crippen LogP contribution in [0.5, 0.6) is 11.5 Å². The number of ether oxygens (including phenoxy) is 1. The van der Waals surface area contributed by atoms with Crippen LogP contribution in [0.15, 0.2) is 127 Å². The number of hydrogen-bond acceptors (Lipinski definition) is 2. The Morgan fingerprint density at radius 1 is 0.538 bits per heavy atom. The highest BCUT2D eigenvalue weighted by atomic mass is 16.5. The maximum atomic E-state index is 6.68. The Balaban J connectivity index is 1.50. The predicted octanol–water partition coefficient (Wildman–Crippen LogP) is 10.5. The minimum absolute atomic E-state index is 0.187. The molecule has 2 nitrogen and oxygen atoms in total. The van der Waals surface area contributed by atoms with Crippen LogP contribution in [0, 0.1) is 0 Å². The SMILES string of the molecule is CC1(C)c2ccccc2Oc2c1cc1cc(N(c3ccccc3)c3ccccc3)c3cccc4ccc2c1c43. The maximum Gasteiger partial charge on any atom is 0.139 e. The molecule has 0 fully saturated rings. The molecule has 1 heterocycles.